The summed E-state index contributed by atoms with van der Waals surface area (Å²) in [5.74, 6) is -0.196. The Kier molecular flexibility index (Phi) is 58.2. The summed E-state index contributed by atoms with van der Waals surface area (Å²) in [5.41, 5.74) is 0. The van der Waals surface area contributed by atoms with Crippen molar-refractivity contribution in [2.24, 2.45) is 0 Å². The van der Waals surface area contributed by atoms with E-state index in [0.717, 1.165) is 51.4 Å². The summed E-state index contributed by atoms with van der Waals surface area (Å²) in [7, 11) is 0. The van der Waals surface area contributed by atoms with Gasteiger partial charge in [-0.15, -0.1) is 0 Å². The first-order valence-electron chi connectivity index (χ1n) is 39.3. The molecule has 0 spiro atoms. The second kappa shape index (κ2) is 61.6. The minimum absolute atomic E-state index is 0.196. The monoisotopic (exact) mass is 1280 g/mol. The van der Waals surface area contributed by atoms with Crippen molar-refractivity contribution in [3.63, 3.8) is 0 Å². The van der Waals surface area contributed by atoms with E-state index in [4.69, 9.17) is 18.9 Å². The van der Waals surface area contributed by atoms with Crippen molar-refractivity contribution in [3.8, 4) is 0 Å². The largest absolute Gasteiger partial charge is 0.394 e. The standard InChI is InChI=1S/C76H149NO13/c1-3-5-7-9-11-13-15-17-19-21-23-24-25-26-27-28-29-30-31-32-33-34-35-36-37-38-39-40-41-42-44-46-48-50-52-54-56-58-60-68(81)77-64(65(80)59-57-55-53-51-49-47-45-43-22-20-18-16-14-12-10-8-6-4-2)63-87-75-73(86)71(84)74(67(62-79)89-75)90-76-72(85)70(83)69(82)66(61-78)88-76/h64-67,69-76,78-80,82-86H,3-63H2,1-2H3,(H,77,81). The average molecular weight is 1290 g/mol. The van der Waals surface area contributed by atoms with E-state index in [-0.39, 0.29) is 12.5 Å². The van der Waals surface area contributed by atoms with E-state index < -0.39 is 86.8 Å². The van der Waals surface area contributed by atoms with Gasteiger partial charge in [-0.2, -0.15) is 0 Å². The first-order valence-corrected chi connectivity index (χ1v) is 39.3. The Morgan fingerprint density at radius 2 is 0.633 bits per heavy atom. The molecular formula is C76H149NO13. The van der Waals surface area contributed by atoms with Crippen molar-refractivity contribution < 1.29 is 64.6 Å². The molecule has 0 saturated carbocycles. The lowest BCUT2D eigenvalue weighted by Gasteiger charge is -2.46. The van der Waals surface area contributed by atoms with Crippen molar-refractivity contribution in [3.05, 3.63) is 0 Å². The van der Waals surface area contributed by atoms with Gasteiger partial charge in [-0.1, -0.05) is 367 Å². The van der Waals surface area contributed by atoms with Crippen LogP contribution in [0.25, 0.3) is 0 Å². The molecule has 0 aliphatic carbocycles. The minimum atomic E-state index is -1.78. The molecule has 9 N–H and O–H groups in total. The Morgan fingerprint density at radius 3 is 0.944 bits per heavy atom. The summed E-state index contributed by atoms with van der Waals surface area (Å²) in [6.45, 7) is 2.93. The molecule has 0 aromatic heterocycles. The Hall–Kier alpha value is -1.01. The molecule has 2 rings (SSSR count). The molecule has 90 heavy (non-hydrogen) atoms. The van der Waals surface area contributed by atoms with Gasteiger partial charge in [-0.3, -0.25) is 4.79 Å². The second-order valence-electron chi connectivity index (χ2n) is 28.2. The van der Waals surface area contributed by atoms with Crippen LogP contribution in [-0.4, -0.2) is 140 Å². The fraction of sp³-hybridized carbons (Fsp3) is 0.987. The van der Waals surface area contributed by atoms with Crippen LogP contribution in [0.2, 0.25) is 0 Å². The number of rotatable bonds is 67. The number of carbonyl (C=O) groups excluding carboxylic acids is 1. The number of hydrogen-bond donors (Lipinski definition) is 9. The van der Waals surface area contributed by atoms with Gasteiger partial charge in [0.25, 0.3) is 0 Å². The van der Waals surface area contributed by atoms with Gasteiger partial charge in [0, 0.05) is 6.42 Å². The third-order valence-electron chi connectivity index (χ3n) is 19.8. The maximum Gasteiger partial charge on any atom is 0.220 e. The second-order valence-corrected chi connectivity index (χ2v) is 28.2. The number of nitrogens with one attached hydrogen (secondary N) is 1. The predicted octanol–water partition coefficient (Wildman–Crippen LogP) is 17.1. The van der Waals surface area contributed by atoms with Crippen LogP contribution in [-0.2, 0) is 23.7 Å². The van der Waals surface area contributed by atoms with Crippen LogP contribution in [0.3, 0.4) is 0 Å². The summed E-state index contributed by atoms with van der Waals surface area (Å²) >= 11 is 0. The zero-order chi connectivity index (χ0) is 65.2. The van der Waals surface area contributed by atoms with E-state index in [1.54, 1.807) is 0 Å². The SMILES string of the molecule is CCCCCCCCCCCCCCCCCCCCCCCCCCCCCCCCCCCCCCCCC(=O)NC(COC1OC(CO)C(OC2OC(CO)C(O)C(O)C2O)C(O)C1O)C(O)CCCCCCCCCCCCCCCCCCCC. The number of hydrogen-bond acceptors (Lipinski definition) is 13. The Morgan fingerprint density at radius 1 is 0.356 bits per heavy atom. The highest BCUT2D eigenvalue weighted by atomic mass is 16.7. The maximum absolute atomic E-state index is 13.4. The lowest BCUT2D eigenvalue weighted by Crippen LogP contribution is -2.65. The lowest BCUT2D eigenvalue weighted by molar-refractivity contribution is -0.359. The number of ether oxygens (including phenoxy) is 4. The van der Waals surface area contributed by atoms with Crippen molar-refractivity contribution >= 4 is 5.91 Å². The maximum atomic E-state index is 13.4. The highest BCUT2D eigenvalue weighted by Crippen LogP contribution is 2.30. The molecule has 2 fully saturated rings. The molecule has 0 radical (unpaired) electrons. The molecule has 536 valence electrons. The van der Waals surface area contributed by atoms with Crippen LogP contribution in [0, 0.1) is 0 Å². The zero-order valence-electron chi connectivity index (χ0n) is 58.7. The van der Waals surface area contributed by atoms with E-state index in [2.05, 4.69) is 19.2 Å². The Bertz CT molecular complexity index is 1510. The van der Waals surface area contributed by atoms with Crippen LogP contribution in [0.5, 0.6) is 0 Å². The van der Waals surface area contributed by atoms with Gasteiger partial charge in [0.1, 0.15) is 48.8 Å². The van der Waals surface area contributed by atoms with E-state index in [9.17, 15) is 45.6 Å². The number of carbonyl (C=O) groups is 1. The van der Waals surface area contributed by atoms with Gasteiger partial charge in [-0.25, -0.2) is 0 Å². The summed E-state index contributed by atoms with van der Waals surface area (Å²) in [6, 6.07) is -0.824. The molecule has 12 atom stereocenters. The summed E-state index contributed by atoms with van der Waals surface area (Å²) in [6.07, 6.45) is 58.8. The van der Waals surface area contributed by atoms with Gasteiger partial charge >= 0.3 is 0 Å². The van der Waals surface area contributed by atoms with Gasteiger partial charge in [0.05, 0.1) is 32.0 Å². The topological polar surface area (TPSA) is 228 Å². The number of aliphatic hydroxyl groups excluding tert-OH is 8. The molecule has 0 aromatic rings. The fourth-order valence-electron chi connectivity index (χ4n) is 13.6. The Labute approximate surface area is 553 Å². The van der Waals surface area contributed by atoms with Gasteiger partial charge < -0.3 is 65.1 Å². The number of aliphatic hydroxyl groups is 8. The summed E-state index contributed by atoms with van der Waals surface area (Å²) < 4.78 is 22.9. The highest BCUT2D eigenvalue weighted by Gasteiger charge is 2.51. The van der Waals surface area contributed by atoms with Gasteiger partial charge in [0.15, 0.2) is 12.6 Å². The van der Waals surface area contributed by atoms with Crippen molar-refractivity contribution in [2.75, 3.05) is 19.8 Å². The van der Waals surface area contributed by atoms with Crippen LogP contribution in [0.15, 0.2) is 0 Å². The fourth-order valence-corrected chi connectivity index (χ4v) is 13.6. The predicted molar refractivity (Wildman–Crippen MR) is 369 cm³/mol. The van der Waals surface area contributed by atoms with Gasteiger partial charge in [0.2, 0.25) is 5.91 Å². The quantitative estimate of drug-likeness (QED) is 0.0259. The number of amides is 1. The molecule has 14 nitrogen and oxygen atoms in total. The molecule has 2 saturated heterocycles. The normalized spacial score (nSPS) is 22.8. The summed E-state index contributed by atoms with van der Waals surface area (Å²) in [4.78, 5) is 13.4. The molecule has 0 aromatic carbocycles. The molecule has 14 heteroatoms. The smallest absolute Gasteiger partial charge is 0.220 e. The highest BCUT2D eigenvalue weighted by molar-refractivity contribution is 5.76. The van der Waals surface area contributed by atoms with Crippen LogP contribution in [0.4, 0.5) is 0 Å². The molecule has 0 bridgehead atoms. The third kappa shape index (κ3) is 44.7. The number of unbranched alkanes of at least 4 members (excludes halogenated alkanes) is 54. The van der Waals surface area contributed by atoms with Crippen LogP contribution >= 0.6 is 0 Å². The molecular weight excluding hydrogens is 1130 g/mol. The Balaban J connectivity index is 1.55. The molecule has 2 heterocycles. The van der Waals surface area contributed by atoms with Crippen LogP contribution < -0.4 is 5.32 Å². The molecule has 1 amide bonds. The first kappa shape index (κ1) is 85.1. The minimum Gasteiger partial charge on any atom is -0.394 e. The third-order valence-corrected chi connectivity index (χ3v) is 19.8. The van der Waals surface area contributed by atoms with Crippen molar-refractivity contribution in [2.45, 2.75) is 460 Å². The zero-order valence-corrected chi connectivity index (χ0v) is 58.7. The van der Waals surface area contributed by atoms with Crippen molar-refractivity contribution in [1.82, 2.24) is 5.32 Å². The lowest BCUT2D eigenvalue weighted by atomic mass is 9.97. The van der Waals surface area contributed by atoms with Gasteiger partial charge in [-0.05, 0) is 12.8 Å². The molecule has 12 unspecified atom stereocenters. The first-order chi connectivity index (χ1) is 44.1. The average Bonchev–Trinajstić information content (AvgIpc) is 1.41. The van der Waals surface area contributed by atoms with Crippen molar-refractivity contribution in [1.29, 1.82) is 0 Å². The van der Waals surface area contributed by atoms with E-state index >= 15 is 0 Å². The van der Waals surface area contributed by atoms with Crippen LogP contribution in [0.1, 0.15) is 386 Å². The molecule has 2 aliphatic heterocycles. The summed E-state index contributed by atoms with van der Waals surface area (Å²) in [5, 5.41) is 87.7. The van der Waals surface area contributed by atoms with E-state index in [0.29, 0.717) is 12.8 Å². The van der Waals surface area contributed by atoms with E-state index in [1.165, 1.54) is 308 Å². The van der Waals surface area contributed by atoms with E-state index in [1.807, 2.05) is 0 Å². The molecule has 2 aliphatic rings.